The predicted molar refractivity (Wildman–Crippen MR) is 117 cm³/mol. The summed E-state index contributed by atoms with van der Waals surface area (Å²) in [4.78, 5) is 36.1. The molecule has 1 heterocycles. The van der Waals surface area contributed by atoms with Crippen molar-refractivity contribution in [2.75, 3.05) is 14.2 Å². The highest BCUT2D eigenvalue weighted by Gasteiger charge is 2.20. The van der Waals surface area contributed by atoms with Gasteiger partial charge >= 0.3 is 5.97 Å². The fraction of sp³-hybridized carbons (Fsp3) is 0.0870. The van der Waals surface area contributed by atoms with Gasteiger partial charge in [-0.1, -0.05) is 35.9 Å². The second-order valence-electron chi connectivity index (χ2n) is 6.51. The monoisotopic (exact) mass is 436 g/mol. The summed E-state index contributed by atoms with van der Waals surface area (Å²) in [5.74, 6) is 0.295. The van der Waals surface area contributed by atoms with Gasteiger partial charge in [-0.15, -0.1) is 4.73 Å². The number of halogens is 1. The Kier molecular flexibility index (Phi) is 5.60. The van der Waals surface area contributed by atoms with Crippen molar-refractivity contribution in [1.29, 1.82) is 0 Å². The second kappa shape index (κ2) is 8.49. The molecule has 156 valence electrons. The number of aromatic nitrogens is 2. The molecule has 0 fully saturated rings. The number of methoxy groups -OCH3 is 2. The van der Waals surface area contributed by atoms with Gasteiger partial charge in [0.15, 0.2) is 5.82 Å². The third-order valence-electron chi connectivity index (χ3n) is 4.62. The lowest BCUT2D eigenvalue weighted by Crippen LogP contribution is -2.33. The highest BCUT2D eigenvalue weighted by Crippen LogP contribution is 2.29. The molecule has 8 heteroatoms. The summed E-state index contributed by atoms with van der Waals surface area (Å²) in [5, 5.41) is 0.506. The summed E-state index contributed by atoms with van der Waals surface area (Å²) < 4.78 is 11.5. The number of hydrogen-bond acceptors (Lipinski definition) is 6. The van der Waals surface area contributed by atoms with E-state index in [2.05, 4.69) is 4.98 Å². The van der Waals surface area contributed by atoms with Crippen molar-refractivity contribution in [1.82, 2.24) is 9.71 Å². The minimum Gasteiger partial charge on any atom is -0.497 e. The molecule has 0 atom stereocenters. The van der Waals surface area contributed by atoms with Crippen LogP contribution in [-0.4, -0.2) is 29.9 Å². The third kappa shape index (κ3) is 3.95. The van der Waals surface area contributed by atoms with Crippen LogP contribution in [0.4, 0.5) is 0 Å². The Morgan fingerprint density at radius 3 is 2.26 bits per heavy atom. The van der Waals surface area contributed by atoms with Crippen LogP contribution in [-0.2, 0) is 0 Å². The summed E-state index contributed by atoms with van der Waals surface area (Å²) in [6.45, 7) is 0. The lowest BCUT2D eigenvalue weighted by Gasteiger charge is -2.15. The van der Waals surface area contributed by atoms with Gasteiger partial charge < -0.3 is 14.3 Å². The summed E-state index contributed by atoms with van der Waals surface area (Å²) in [7, 11) is 3.02. The van der Waals surface area contributed by atoms with Gasteiger partial charge in [-0.2, -0.15) is 0 Å². The van der Waals surface area contributed by atoms with E-state index < -0.39 is 11.5 Å². The van der Waals surface area contributed by atoms with E-state index >= 15 is 0 Å². The minimum atomic E-state index is -0.791. The average molecular weight is 437 g/mol. The molecular weight excluding hydrogens is 420 g/mol. The highest BCUT2D eigenvalue weighted by atomic mass is 35.5. The zero-order valence-corrected chi connectivity index (χ0v) is 17.4. The fourth-order valence-corrected chi connectivity index (χ4v) is 3.29. The van der Waals surface area contributed by atoms with Crippen molar-refractivity contribution in [3.05, 3.63) is 87.7 Å². The van der Waals surface area contributed by atoms with Crippen LogP contribution in [0.1, 0.15) is 10.4 Å². The number of benzene rings is 3. The Hall–Kier alpha value is -3.84. The maximum Gasteiger partial charge on any atom is 0.365 e. The molecule has 0 aliphatic rings. The first-order chi connectivity index (χ1) is 15.0. The number of fused-ring (bicyclic) bond motifs is 1. The molecule has 0 radical (unpaired) electrons. The van der Waals surface area contributed by atoms with Crippen LogP contribution in [0.3, 0.4) is 0 Å². The molecular formula is C23H17ClN2O5. The van der Waals surface area contributed by atoms with E-state index in [0.29, 0.717) is 28.0 Å². The quantitative estimate of drug-likeness (QED) is 0.470. The van der Waals surface area contributed by atoms with Gasteiger partial charge in [0.2, 0.25) is 0 Å². The number of rotatable bonds is 5. The molecule has 0 aliphatic carbocycles. The maximum atomic E-state index is 13.2. The van der Waals surface area contributed by atoms with Crippen LogP contribution >= 0.6 is 11.6 Å². The average Bonchev–Trinajstić information content (AvgIpc) is 2.80. The topological polar surface area (TPSA) is 79.7 Å². The van der Waals surface area contributed by atoms with E-state index in [1.54, 1.807) is 60.7 Å². The SMILES string of the molecule is COc1cc(OC)cc(-c2nc3ccccc3c(=O)n2OC(=O)c2ccccc2Cl)c1. The Morgan fingerprint density at radius 2 is 1.58 bits per heavy atom. The highest BCUT2D eigenvalue weighted by molar-refractivity contribution is 6.33. The summed E-state index contributed by atoms with van der Waals surface area (Å²) in [6, 6.07) is 18.2. The normalized spacial score (nSPS) is 10.7. The predicted octanol–water partition coefficient (Wildman–Crippen LogP) is 4.00. The molecule has 0 spiro atoms. The molecule has 0 bridgehead atoms. The Balaban J connectivity index is 1.94. The van der Waals surface area contributed by atoms with Crippen LogP contribution in [0.2, 0.25) is 5.02 Å². The molecule has 0 unspecified atom stereocenters. The van der Waals surface area contributed by atoms with Crippen molar-refractivity contribution < 1.29 is 19.1 Å². The lowest BCUT2D eigenvalue weighted by molar-refractivity contribution is 0.0450. The molecule has 0 saturated heterocycles. The fourth-order valence-electron chi connectivity index (χ4n) is 3.08. The van der Waals surface area contributed by atoms with Crippen LogP contribution in [0.15, 0.2) is 71.5 Å². The lowest BCUT2D eigenvalue weighted by atomic mass is 10.1. The molecule has 3 aromatic carbocycles. The largest absolute Gasteiger partial charge is 0.497 e. The van der Waals surface area contributed by atoms with E-state index in [4.69, 9.17) is 25.9 Å². The van der Waals surface area contributed by atoms with Gasteiger partial charge in [0.1, 0.15) is 11.5 Å². The molecule has 31 heavy (non-hydrogen) atoms. The summed E-state index contributed by atoms with van der Waals surface area (Å²) in [5.41, 5.74) is 0.501. The van der Waals surface area contributed by atoms with Crippen LogP contribution < -0.4 is 19.9 Å². The third-order valence-corrected chi connectivity index (χ3v) is 4.94. The zero-order valence-electron chi connectivity index (χ0n) is 16.7. The molecule has 7 nitrogen and oxygen atoms in total. The summed E-state index contributed by atoms with van der Waals surface area (Å²) >= 11 is 6.12. The number of para-hydroxylation sites is 1. The number of carbonyl (C=O) groups is 1. The molecule has 1 aromatic heterocycles. The van der Waals surface area contributed by atoms with E-state index in [9.17, 15) is 9.59 Å². The van der Waals surface area contributed by atoms with Crippen molar-refractivity contribution in [2.45, 2.75) is 0 Å². The Bertz CT molecular complexity index is 1330. The smallest absolute Gasteiger partial charge is 0.365 e. The van der Waals surface area contributed by atoms with E-state index in [1.807, 2.05) is 0 Å². The Labute approximate surface area is 182 Å². The molecule has 0 aliphatic heterocycles. The Morgan fingerprint density at radius 1 is 0.935 bits per heavy atom. The first-order valence-electron chi connectivity index (χ1n) is 9.24. The van der Waals surface area contributed by atoms with Crippen LogP contribution in [0.25, 0.3) is 22.3 Å². The first kappa shape index (κ1) is 20.4. The van der Waals surface area contributed by atoms with Crippen molar-refractivity contribution in [3.8, 4) is 22.9 Å². The van der Waals surface area contributed by atoms with Crippen LogP contribution in [0, 0.1) is 0 Å². The molecule has 4 aromatic rings. The molecule has 0 N–H and O–H groups in total. The van der Waals surface area contributed by atoms with Gasteiger partial charge in [0.05, 0.1) is 35.7 Å². The van der Waals surface area contributed by atoms with Gasteiger partial charge in [-0.3, -0.25) is 4.79 Å². The van der Waals surface area contributed by atoms with E-state index in [-0.39, 0.29) is 16.4 Å². The van der Waals surface area contributed by atoms with Gasteiger partial charge in [0.25, 0.3) is 5.56 Å². The van der Waals surface area contributed by atoms with Gasteiger partial charge in [-0.05, 0) is 36.4 Å². The number of ether oxygens (including phenoxy) is 2. The van der Waals surface area contributed by atoms with Crippen molar-refractivity contribution >= 4 is 28.5 Å². The molecule has 4 rings (SSSR count). The van der Waals surface area contributed by atoms with Gasteiger partial charge in [0, 0.05) is 11.6 Å². The number of nitrogens with zero attached hydrogens (tertiary/aromatic N) is 2. The number of carbonyl (C=O) groups excluding carboxylic acids is 1. The standard InChI is InChI=1S/C23H17ClN2O5/c1-29-15-11-14(12-16(13-15)30-2)21-25-20-10-6-4-8-18(20)22(27)26(21)31-23(28)17-7-3-5-9-19(17)24/h3-13H,1-2H3. The zero-order chi connectivity index (χ0) is 22.0. The van der Waals surface area contributed by atoms with Crippen LogP contribution in [0.5, 0.6) is 11.5 Å². The van der Waals surface area contributed by atoms with E-state index in [0.717, 1.165) is 4.73 Å². The second-order valence-corrected chi connectivity index (χ2v) is 6.92. The molecule has 0 amide bonds. The van der Waals surface area contributed by atoms with Crippen molar-refractivity contribution in [3.63, 3.8) is 0 Å². The minimum absolute atomic E-state index is 0.112. The van der Waals surface area contributed by atoms with Gasteiger partial charge in [-0.25, -0.2) is 9.78 Å². The first-order valence-corrected chi connectivity index (χ1v) is 9.62. The summed E-state index contributed by atoms with van der Waals surface area (Å²) in [6.07, 6.45) is 0. The van der Waals surface area contributed by atoms with E-state index in [1.165, 1.54) is 20.3 Å². The maximum absolute atomic E-state index is 13.2. The van der Waals surface area contributed by atoms with Crippen molar-refractivity contribution in [2.24, 2.45) is 0 Å². The number of hydrogen-bond donors (Lipinski definition) is 0. The molecule has 0 saturated carbocycles.